The van der Waals surface area contributed by atoms with Gasteiger partial charge in [-0.15, -0.1) is 5.10 Å². The maximum Gasteiger partial charge on any atom is 0.347 e. The Morgan fingerprint density at radius 2 is 1.29 bits per heavy atom. The number of rotatable bonds is 12. The summed E-state index contributed by atoms with van der Waals surface area (Å²) in [7, 11) is 0. The molecule has 48 heavy (non-hydrogen) atoms. The van der Waals surface area contributed by atoms with Gasteiger partial charge in [-0.3, -0.25) is 14.6 Å². The van der Waals surface area contributed by atoms with Crippen molar-refractivity contribution in [3.63, 3.8) is 0 Å². The summed E-state index contributed by atoms with van der Waals surface area (Å²) in [6, 6.07) is 23.9. The standard InChI is InChI=1S/C33H30N4O11/c1-2-44-24(38)18-34-27-28(39)35-33(43)37(36-27)29-26(48-32(42)22-16-10-5-11-17-22)25(47-31(41)21-14-8-4-9-15-21)23(46-29)19-45-30(40)20-12-6-3-7-13-20/h3-17,23,25-26,29H,2,18-19H2,1H3,(H,34,36)(H,35,39,43)/t23-,25+,26+,29+/m0/s1. The van der Waals surface area contributed by atoms with Gasteiger partial charge in [0.05, 0.1) is 23.3 Å². The molecule has 2 N–H and O–H groups in total. The number of hydrogen-bond donors (Lipinski definition) is 2. The second kappa shape index (κ2) is 15.5. The zero-order valence-corrected chi connectivity index (χ0v) is 25.5. The number of aromatic amines is 1. The van der Waals surface area contributed by atoms with Gasteiger partial charge >= 0.3 is 29.6 Å². The largest absolute Gasteiger partial charge is 0.465 e. The number of carbonyl (C=O) groups is 4. The van der Waals surface area contributed by atoms with Crippen LogP contribution in [0.4, 0.5) is 5.82 Å². The second-order valence-electron chi connectivity index (χ2n) is 10.2. The lowest BCUT2D eigenvalue weighted by Crippen LogP contribution is -2.44. The third kappa shape index (κ3) is 8.00. The summed E-state index contributed by atoms with van der Waals surface area (Å²) in [6.45, 7) is 0.720. The number of esters is 4. The van der Waals surface area contributed by atoms with Crippen molar-refractivity contribution in [1.29, 1.82) is 0 Å². The van der Waals surface area contributed by atoms with E-state index in [1.165, 1.54) is 36.4 Å². The zero-order chi connectivity index (χ0) is 34.0. The minimum Gasteiger partial charge on any atom is -0.465 e. The van der Waals surface area contributed by atoms with Crippen LogP contribution in [0.5, 0.6) is 0 Å². The van der Waals surface area contributed by atoms with Crippen molar-refractivity contribution < 1.29 is 42.9 Å². The van der Waals surface area contributed by atoms with Crippen molar-refractivity contribution in [3.8, 4) is 0 Å². The summed E-state index contributed by atoms with van der Waals surface area (Å²) in [5, 5.41) is 6.54. The van der Waals surface area contributed by atoms with Crippen molar-refractivity contribution in [2.75, 3.05) is 25.1 Å². The first-order valence-electron chi connectivity index (χ1n) is 14.8. The molecule has 3 aromatic carbocycles. The number of ether oxygens (including phenoxy) is 5. The van der Waals surface area contributed by atoms with Crippen LogP contribution >= 0.6 is 0 Å². The van der Waals surface area contributed by atoms with E-state index in [9.17, 15) is 28.8 Å². The number of benzene rings is 3. The number of H-pyrrole nitrogens is 1. The lowest BCUT2D eigenvalue weighted by Gasteiger charge is -2.24. The molecule has 4 atom stereocenters. The molecule has 0 radical (unpaired) electrons. The average Bonchev–Trinajstić information content (AvgIpc) is 3.43. The van der Waals surface area contributed by atoms with Crippen LogP contribution in [0.3, 0.4) is 0 Å². The third-order valence-electron chi connectivity index (χ3n) is 6.98. The average molecular weight is 659 g/mol. The molecule has 0 saturated carbocycles. The zero-order valence-electron chi connectivity index (χ0n) is 25.5. The van der Waals surface area contributed by atoms with Crippen LogP contribution in [0, 0.1) is 0 Å². The van der Waals surface area contributed by atoms with E-state index in [1.54, 1.807) is 61.5 Å². The van der Waals surface area contributed by atoms with Crippen LogP contribution in [0.15, 0.2) is 101 Å². The highest BCUT2D eigenvalue weighted by molar-refractivity contribution is 5.91. The smallest absolute Gasteiger partial charge is 0.347 e. The van der Waals surface area contributed by atoms with Gasteiger partial charge in [0.2, 0.25) is 5.82 Å². The maximum atomic E-state index is 13.3. The molecule has 0 unspecified atom stereocenters. The fourth-order valence-corrected chi connectivity index (χ4v) is 4.72. The molecule has 15 heteroatoms. The Kier molecular flexibility index (Phi) is 10.7. The molecule has 1 saturated heterocycles. The molecule has 5 rings (SSSR count). The minimum atomic E-state index is -1.63. The topological polar surface area (TPSA) is 194 Å². The number of nitrogens with one attached hydrogen (secondary N) is 2. The van der Waals surface area contributed by atoms with Crippen molar-refractivity contribution in [2.24, 2.45) is 0 Å². The Hall–Kier alpha value is -6.09. The van der Waals surface area contributed by atoms with Gasteiger partial charge in [0, 0.05) is 0 Å². The van der Waals surface area contributed by atoms with Crippen LogP contribution in [0.2, 0.25) is 0 Å². The van der Waals surface area contributed by atoms with Crippen molar-refractivity contribution in [3.05, 3.63) is 129 Å². The van der Waals surface area contributed by atoms with Gasteiger partial charge in [-0.2, -0.15) is 4.68 Å². The van der Waals surface area contributed by atoms with E-state index in [-0.39, 0.29) is 23.3 Å². The van der Waals surface area contributed by atoms with Gasteiger partial charge in [0.1, 0.15) is 19.3 Å². The molecule has 1 fully saturated rings. The third-order valence-corrected chi connectivity index (χ3v) is 6.98. The number of nitrogens with zero attached hydrogens (tertiary/aromatic N) is 2. The molecular formula is C33H30N4O11. The summed E-state index contributed by atoms with van der Waals surface area (Å²) in [5.74, 6) is -3.58. The maximum absolute atomic E-state index is 13.3. The summed E-state index contributed by atoms with van der Waals surface area (Å²) in [5.41, 5.74) is -1.53. The normalized spacial score (nSPS) is 18.4. The summed E-state index contributed by atoms with van der Waals surface area (Å²) < 4.78 is 28.8. The summed E-state index contributed by atoms with van der Waals surface area (Å²) >= 11 is 0. The van der Waals surface area contributed by atoms with E-state index in [1.807, 2.05) is 0 Å². The van der Waals surface area contributed by atoms with Crippen molar-refractivity contribution in [2.45, 2.75) is 31.5 Å². The van der Waals surface area contributed by atoms with Gasteiger partial charge < -0.3 is 29.0 Å². The summed E-state index contributed by atoms with van der Waals surface area (Å²) in [4.78, 5) is 79.2. The first-order valence-corrected chi connectivity index (χ1v) is 14.8. The Morgan fingerprint density at radius 3 is 1.83 bits per heavy atom. The fourth-order valence-electron chi connectivity index (χ4n) is 4.72. The van der Waals surface area contributed by atoms with Crippen molar-refractivity contribution in [1.82, 2.24) is 14.8 Å². The molecule has 0 bridgehead atoms. The van der Waals surface area contributed by atoms with E-state index in [2.05, 4.69) is 15.4 Å². The Morgan fingerprint density at radius 1 is 0.771 bits per heavy atom. The Bertz CT molecular complexity index is 1860. The quantitative estimate of drug-likeness (QED) is 0.166. The molecule has 248 valence electrons. The van der Waals surface area contributed by atoms with Gasteiger partial charge in [-0.1, -0.05) is 54.6 Å². The van der Waals surface area contributed by atoms with E-state index < -0.39 is 78.6 Å². The Balaban J connectivity index is 1.53. The van der Waals surface area contributed by atoms with Gasteiger partial charge in [-0.05, 0) is 43.3 Å². The predicted octanol–water partition coefficient (Wildman–Crippen LogP) is 2.11. The molecule has 1 aliphatic heterocycles. The van der Waals surface area contributed by atoms with Crippen LogP contribution in [-0.4, -0.2) is 76.7 Å². The number of aromatic nitrogens is 3. The molecule has 0 amide bonds. The van der Waals surface area contributed by atoms with Crippen molar-refractivity contribution >= 4 is 29.7 Å². The molecule has 1 aliphatic rings. The highest BCUT2D eigenvalue weighted by atomic mass is 16.7. The van der Waals surface area contributed by atoms with E-state index >= 15 is 0 Å². The van der Waals surface area contributed by atoms with Crippen LogP contribution in [0.1, 0.15) is 44.2 Å². The first-order chi connectivity index (χ1) is 23.2. The monoisotopic (exact) mass is 658 g/mol. The lowest BCUT2D eigenvalue weighted by molar-refractivity contribution is -0.140. The van der Waals surface area contributed by atoms with Gasteiger partial charge in [-0.25, -0.2) is 19.2 Å². The molecule has 2 heterocycles. The second-order valence-corrected chi connectivity index (χ2v) is 10.2. The van der Waals surface area contributed by atoms with Crippen LogP contribution in [0.25, 0.3) is 0 Å². The van der Waals surface area contributed by atoms with Crippen LogP contribution in [-0.2, 0) is 28.5 Å². The summed E-state index contributed by atoms with van der Waals surface area (Å²) in [6.07, 6.45) is -5.96. The predicted molar refractivity (Wildman–Crippen MR) is 166 cm³/mol. The SMILES string of the molecule is CCOC(=O)CNc1nn([C@@H]2O[C@@H](COC(=O)c3ccccc3)[C@@H](OC(=O)c3ccccc3)[C@H]2OC(=O)c2ccccc2)c(=O)[nH]c1=O. The molecule has 1 aromatic heterocycles. The fraction of sp³-hybridized carbons (Fsp3) is 0.242. The number of carbonyl (C=O) groups excluding carboxylic acids is 4. The number of hydrogen-bond acceptors (Lipinski definition) is 13. The lowest BCUT2D eigenvalue weighted by atomic mass is 10.1. The van der Waals surface area contributed by atoms with E-state index in [4.69, 9.17) is 23.7 Å². The highest BCUT2D eigenvalue weighted by Gasteiger charge is 2.52. The number of anilines is 1. The highest BCUT2D eigenvalue weighted by Crippen LogP contribution is 2.34. The Labute approximate surface area is 272 Å². The van der Waals surface area contributed by atoms with E-state index in [0.29, 0.717) is 4.68 Å². The first kappa shape index (κ1) is 33.3. The molecule has 4 aromatic rings. The van der Waals surface area contributed by atoms with Gasteiger partial charge in [0.15, 0.2) is 18.4 Å². The molecule has 0 spiro atoms. The molecule has 15 nitrogen and oxygen atoms in total. The van der Waals surface area contributed by atoms with E-state index in [0.717, 1.165) is 0 Å². The van der Waals surface area contributed by atoms with Gasteiger partial charge in [0.25, 0.3) is 5.56 Å². The molecule has 0 aliphatic carbocycles. The molecular weight excluding hydrogens is 628 g/mol. The minimum absolute atomic E-state index is 0.0908. The van der Waals surface area contributed by atoms with Crippen LogP contribution < -0.4 is 16.6 Å².